The number of urea groups is 1. The lowest BCUT2D eigenvalue weighted by Gasteiger charge is -2.25. The molecule has 0 aliphatic carbocycles. The van der Waals surface area contributed by atoms with Crippen molar-refractivity contribution in [1.82, 2.24) is 9.80 Å². The molecule has 0 saturated carbocycles. The number of nitrogens with one attached hydrogen (secondary N) is 1. The minimum Gasteiger partial charge on any atom is -0.320 e. The number of halogens is 1. The predicted molar refractivity (Wildman–Crippen MR) is 108 cm³/mol. The molecule has 1 aliphatic heterocycles. The van der Waals surface area contributed by atoms with E-state index in [4.69, 9.17) is 0 Å². The highest BCUT2D eigenvalue weighted by Crippen LogP contribution is 2.14. The molecule has 142 valence electrons. The van der Waals surface area contributed by atoms with Crippen LogP contribution in [0.5, 0.6) is 0 Å². The molecule has 0 unspecified atom stereocenters. The van der Waals surface area contributed by atoms with Gasteiger partial charge in [-0.3, -0.25) is 0 Å². The third-order valence-corrected chi connectivity index (χ3v) is 4.72. The second-order valence-electron chi connectivity index (χ2n) is 6.72. The van der Waals surface area contributed by atoms with E-state index in [-0.39, 0.29) is 11.7 Å². The fourth-order valence-corrected chi connectivity index (χ4v) is 3.18. The molecule has 1 saturated heterocycles. The second-order valence-corrected chi connectivity index (χ2v) is 6.72. The molecular weight excluding hydrogens is 341 g/mol. The molecule has 0 aromatic heterocycles. The van der Waals surface area contributed by atoms with Crippen molar-refractivity contribution in [3.05, 3.63) is 72.1 Å². The second kappa shape index (κ2) is 9.88. The van der Waals surface area contributed by atoms with Crippen LogP contribution in [0.4, 0.5) is 14.9 Å². The molecule has 5 heteroatoms. The molecule has 1 N–H and O–H groups in total. The van der Waals surface area contributed by atoms with Crippen LogP contribution in [0.1, 0.15) is 18.4 Å². The monoisotopic (exact) mass is 367 g/mol. The molecule has 3 rings (SSSR count). The van der Waals surface area contributed by atoms with E-state index in [1.807, 2.05) is 42.5 Å². The Labute approximate surface area is 160 Å². The highest BCUT2D eigenvalue weighted by atomic mass is 19.1. The van der Waals surface area contributed by atoms with Crippen LogP contribution in [-0.2, 0) is 0 Å². The summed E-state index contributed by atoms with van der Waals surface area (Å²) in [5.74, 6) is -0.426. The van der Waals surface area contributed by atoms with E-state index in [1.165, 1.54) is 18.9 Å². The average Bonchev–Trinajstić information content (AvgIpc) is 3.20. The summed E-state index contributed by atoms with van der Waals surface area (Å²) in [4.78, 5) is 16.8. The fourth-order valence-electron chi connectivity index (χ4n) is 3.18. The fraction of sp³-hybridized carbons (Fsp3) is 0.318. The Morgan fingerprint density at radius 1 is 1.07 bits per heavy atom. The zero-order chi connectivity index (χ0) is 18.9. The molecule has 27 heavy (non-hydrogen) atoms. The molecule has 1 heterocycles. The Kier molecular flexibility index (Phi) is 6.99. The molecule has 2 aromatic rings. The molecule has 0 bridgehead atoms. The van der Waals surface area contributed by atoms with Crippen molar-refractivity contribution in [2.45, 2.75) is 12.8 Å². The summed E-state index contributed by atoms with van der Waals surface area (Å²) in [6.07, 6.45) is 6.41. The maximum absolute atomic E-state index is 13.9. The Morgan fingerprint density at radius 2 is 1.78 bits per heavy atom. The molecule has 4 nitrogen and oxygen atoms in total. The number of carbonyl (C=O) groups is 1. The first kappa shape index (κ1) is 19.1. The van der Waals surface area contributed by atoms with Crippen molar-refractivity contribution in [2.75, 3.05) is 38.0 Å². The number of para-hydroxylation sites is 1. The number of likely N-dealkylation sites (tertiary alicyclic amines) is 1. The lowest BCUT2D eigenvalue weighted by molar-refractivity contribution is 0.207. The number of carbonyl (C=O) groups excluding carboxylic acids is 1. The minimum atomic E-state index is -0.426. The SMILES string of the molecule is O=C(Nc1ccccc1F)N(C/C=C/c1ccccc1)CCN1CCCC1. The molecule has 0 radical (unpaired) electrons. The van der Waals surface area contributed by atoms with Crippen LogP contribution in [0.3, 0.4) is 0 Å². The molecular formula is C22H26FN3O. The van der Waals surface area contributed by atoms with Crippen LogP contribution >= 0.6 is 0 Å². The van der Waals surface area contributed by atoms with Gasteiger partial charge in [-0.05, 0) is 43.6 Å². The van der Waals surface area contributed by atoms with Crippen LogP contribution in [0.2, 0.25) is 0 Å². The van der Waals surface area contributed by atoms with Gasteiger partial charge >= 0.3 is 6.03 Å². The number of anilines is 1. The van der Waals surface area contributed by atoms with Crippen molar-refractivity contribution in [2.24, 2.45) is 0 Å². The summed E-state index contributed by atoms with van der Waals surface area (Å²) in [5, 5.41) is 2.69. The molecule has 0 spiro atoms. The third-order valence-electron chi connectivity index (χ3n) is 4.72. The summed E-state index contributed by atoms with van der Waals surface area (Å²) < 4.78 is 13.9. The van der Waals surface area contributed by atoms with Crippen LogP contribution < -0.4 is 5.32 Å². The number of hydrogen-bond acceptors (Lipinski definition) is 2. The van der Waals surface area contributed by atoms with E-state index in [2.05, 4.69) is 10.2 Å². The predicted octanol–water partition coefficient (Wildman–Crippen LogP) is 4.47. The first-order valence-electron chi connectivity index (χ1n) is 9.47. The van der Waals surface area contributed by atoms with Gasteiger partial charge in [0.25, 0.3) is 0 Å². The van der Waals surface area contributed by atoms with Gasteiger partial charge in [-0.2, -0.15) is 0 Å². The number of nitrogens with zero attached hydrogens (tertiary/aromatic N) is 2. The highest BCUT2D eigenvalue weighted by Gasteiger charge is 2.17. The van der Waals surface area contributed by atoms with Gasteiger partial charge in [0.2, 0.25) is 0 Å². The number of rotatable bonds is 7. The van der Waals surface area contributed by atoms with E-state index in [1.54, 1.807) is 23.1 Å². The smallest absolute Gasteiger partial charge is 0.320 e. The van der Waals surface area contributed by atoms with Crippen molar-refractivity contribution in [3.8, 4) is 0 Å². The summed E-state index contributed by atoms with van der Waals surface area (Å²) in [6.45, 7) is 4.09. The van der Waals surface area contributed by atoms with Crippen molar-refractivity contribution < 1.29 is 9.18 Å². The molecule has 0 atom stereocenters. The first-order valence-corrected chi connectivity index (χ1v) is 9.47. The summed E-state index contributed by atoms with van der Waals surface area (Å²) in [5.41, 5.74) is 1.30. The standard InChI is InChI=1S/C22H26FN3O/c23-20-12-4-5-13-21(20)24-22(27)26(18-17-25-14-6-7-15-25)16-8-11-19-9-2-1-3-10-19/h1-5,8-13H,6-7,14-18H2,(H,24,27)/b11-8+. The Bertz CT molecular complexity index is 757. The van der Waals surface area contributed by atoms with Crippen LogP contribution in [-0.4, -0.2) is 48.6 Å². The van der Waals surface area contributed by atoms with Crippen LogP contribution in [0.15, 0.2) is 60.7 Å². The van der Waals surface area contributed by atoms with Crippen LogP contribution in [0, 0.1) is 5.82 Å². The average molecular weight is 367 g/mol. The van der Waals surface area contributed by atoms with Gasteiger partial charge < -0.3 is 15.1 Å². The zero-order valence-corrected chi connectivity index (χ0v) is 15.5. The quantitative estimate of drug-likeness (QED) is 0.784. The van der Waals surface area contributed by atoms with Gasteiger partial charge in [-0.1, -0.05) is 54.6 Å². The van der Waals surface area contributed by atoms with Crippen molar-refractivity contribution >= 4 is 17.8 Å². The summed E-state index contributed by atoms with van der Waals surface area (Å²) in [7, 11) is 0. The van der Waals surface area contributed by atoms with Gasteiger partial charge in [-0.15, -0.1) is 0 Å². The van der Waals surface area contributed by atoms with Gasteiger partial charge in [0.15, 0.2) is 0 Å². The van der Waals surface area contributed by atoms with Crippen LogP contribution in [0.25, 0.3) is 6.08 Å². The van der Waals surface area contributed by atoms with E-state index in [0.717, 1.165) is 25.2 Å². The lowest BCUT2D eigenvalue weighted by atomic mass is 10.2. The maximum Gasteiger partial charge on any atom is 0.322 e. The van der Waals surface area contributed by atoms with Gasteiger partial charge in [0, 0.05) is 19.6 Å². The number of amides is 2. The van der Waals surface area contributed by atoms with E-state index >= 15 is 0 Å². The third kappa shape index (κ3) is 5.93. The Morgan fingerprint density at radius 3 is 2.52 bits per heavy atom. The zero-order valence-electron chi connectivity index (χ0n) is 15.5. The summed E-state index contributed by atoms with van der Waals surface area (Å²) in [6, 6.07) is 15.9. The van der Waals surface area contributed by atoms with Crippen molar-refractivity contribution in [1.29, 1.82) is 0 Å². The Balaban J connectivity index is 1.63. The molecule has 2 aromatic carbocycles. The van der Waals surface area contributed by atoms with Gasteiger partial charge in [0.05, 0.1) is 5.69 Å². The van der Waals surface area contributed by atoms with E-state index < -0.39 is 5.82 Å². The molecule has 1 fully saturated rings. The van der Waals surface area contributed by atoms with E-state index in [9.17, 15) is 9.18 Å². The maximum atomic E-state index is 13.9. The normalized spacial score (nSPS) is 14.6. The molecule has 1 aliphatic rings. The number of benzene rings is 2. The lowest BCUT2D eigenvalue weighted by Crippen LogP contribution is -2.40. The highest BCUT2D eigenvalue weighted by molar-refractivity contribution is 5.89. The molecule has 2 amide bonds. The van der Waals surface area contributed by atoms with Gasteiger partial charge in [0.1, 0.15) is 5.82 Å². The first-order chi connectivity index (χ1) is 13.2. The van der Waals surface area contributed by atoms with E-state index in [0.29, 0.717) is 13.1 Å². The van der Waals surface area contributed by atoms with Gasteiger partial charge in [-0.25, -0.2) is 9.18 Å². The Hall–Kier alpha value is -2.66. The van der Waals surface area contributed by atoms with Crippen molar-refractivity contribution in [3.63, 3.8) is 0 Å². The number of hydrogen-bond donors (Lipinski definition) is 1. The minimum absolute atomic E-state index is 0.209. The topological polar surface area (TPSA) is 35.6 Å². The largest absolute Gasteiger partial charge is 0.322 e. The summed E-state index contributed by atoms with van der Waals surface area (Å²) >= 11 is 0.